The summed E-state index contributed by atoms with van der Waals surface area (Å²) < 4.78 is 31.6. The standard InChI is InChI=1S/C24H25F2N9O/c25-16-3-4-19(26)17(12-16)21-2-1-8-34(21)22-5-9-35-24(29-22)18(13-28-35)20-14-33(31-30-20)15-23(36)32-10-6-27-7-11-32/h3-5,9,12-14,21,27H,1-2,6-8,10-11,15H2/t21-/m1/s1. The quantitative estimate of drug-likeness (QED) is 0.455. The Morgan fingerprint density at radius 3 is 2.86 bits per heavy atom. The number of carbonyl (C=O) groups excluding carboxylic acids is 1. The van der Waals surface area contributed by atoms with Gasteiger partial charge in [0, 0.05) is 44.5 Å². The number of piperazine rings is 1. The smallest absolute Gasteiger partial charge is 0.244 e. The molecule has 10 nitrogen and oxygen atoms in total. The Kier molecular flexibility index (Phi) is 5.80. The van der Waals surface area contributed by atoms with E-state index in [-0.39, 0.29) is 18.5 Å². The minimum Gasteiger partial charge on any atom is -0.349 e. The van der Waals surface area contributed by atoms with Crippen molar-refractivity contribution in [1.29, 1.82) is 0 Å². The first-order chi connectivity index (χ1) is 17.6. The molecular weight excluding hydrogens is 468 g/mol. The van der Waals surface area contributed by atoms with Crippen molar-refractivity contribution in [2.45, 2.75) is 25.4 Å². The van der Waals surface area contributed by atoms with Crippen molar-refractivity contribution >= 4 is 17.4 Å². The molecule has 2 saturated heterocycles. The molecule has 2 aliphatic rings. The lowest BCUT2D eigenvalue weighted by Crippen LogP contribution is -2.47. The fourth-order valence-corrected chi connectivity index (χ4v) is 4.99. The van der Waals surface area contributed by atoms with E-state index in [0.717, 1.165) is 25.6 Å². The van der Waals surface area contributed by atoms with Crippen molar-refractivity contribution in [2.75, 3.05) is 37.6 Å². The third kappa shape index (κ3) is 4.17. The number of anilines is 1. The second kappa shape index (κ2) is 9.26. The highest BCUT2D eigenvalue weighted by atomic mass is 19.1. The zero-order valence-electron chi connectivity index (χ0n) is 19.5. The van der Waals surface area contributed by atoms with Crippen LogP contribution in [0, 0.1) is 11.6 Å². The fourth-order valence-electron chi connectivity index (χ4n) is 4.99. The van der Waals surface area contributed by atoms with Crippen LogP contribution < -0.4 is 10.2 Å². The summed E-state index contributed by atoms with van der Waals surface area (Å²) in [5, 5.41) is 16.0. The average Bonchev–Trinajstić information content (AvgIpc) is 3.65. The van der Waals surface area contributed by atoms with Crippen molar-refractivity contribution in [3.05, 3.63) is 60.1 Å². The molecule has 4 aromatic rings. The predicted octanol–water partition coefficient (Wildman–Crippen LogP) is 2.04. The number of rotatable bonds is 5. The van der Waals surface area contributed by atoms with Crippen LogP contribution in [0.1, 0.15) is 24.4 Å². The van der Waals surface area contributed by atoms with E-state index in [2.05, 4.69) is 20.7 Å². The zero-order chi connectivity index (χ0) is 24.6. The van der Waals surface area contributed by atoms with E-state index in [1.165, 1.54) is 16.8 Å². The van der Waals surface area contributed by atoms with Gasteiger partial charge in [-0.15, -0.1) is 5.10 Å². The average molecular weight is 494 g/mol. The van der Waals surface area contributed by atoms with Gasteiger partial charge in [0.05, 0.1) is 24.0 Å². The van der Waals surface area contributed by atoms with Gasteiger partial charge in [-0.25, -0.2) is 23.0 Å². The van der Waals surface area contributed by atoms with Crippen LogP contribution in [0.15, 0.2) is 42.9 Å². The van der Waals surface area contributed by atoms with Crippen LogP contribution in [0.4, 0.5) is 14.6 Å². The molecule has 1 atom stereocenters. The molecule has 0 spiro atoms. The predicted molar refractivity (Wildman–Crippen MR) is 127 cm³/mol. The molecule has 0 unspecified atom stereocenters. The Bertz CT molecular complexity index is 1410. The Morgan fingerprint density at radius 1 is 1.14 bits per heavy atom. The maximum atomic E-state index is 14.5. The monoisotopic (exact) mass is 493 g/mol. The second-order valence-electron chi connectivity index (χ2n) is 9.06. The molecule has 2 fully saturated rings. The summed E-state index contributed by atoms with van der Waals surface area (Å²) in [4.78, 5) is 21.2. The number of halogens is 2. The molecule has 0 saturated carbocycles. The summed E-state index contributed by atoms with van der Waals surface area (Å²) in [7, 11) is 0. The lowest BCUT2D eigenvalue weighted by Gasteiger charge is -2.27. The number of amides is 1. The van der Waals surface area contributed by atoms with Crippen LogP contribution >= 0.6 is 0 Å². The van der Waals surface area contributed by atoms with Crippen LogP contribution in [-0.2, 0) is 11.3 Å². The van der Waals surface area contributed by atoms with Crippen LogP contribution in [-0.4, -0.2) is 73.1 Å². The van der Waals surface area contributed by atoms with Gasteiger partial charge in [0.1, 0.15) is 29.7 Å². The second-order valence-corrected chi connectivity index (χ2v) is 9.06. The van der Waals surface area contributed by atoms with E-state index in [0.29, 0.717) is 54.3 Å². The molecule has 36 heavy (non-hydrogen) atoms. The number of nitrogens with one attached hydrogen (secondary N) is 1. The summed E-state index contributed by atoms with van der Waals surface area (Å²) >= 11 is 0. The highest BCUT2D eigenvalue weighted by molar-refractivity contribution is 5.77. The van der Waals surface area contributed by atoms with Crippen molar-refractivity contribution in [3.63, 3.8) is 0 Å². The van der Waals surface area contributed by atoms with Gasteiger partial charge in [-0.1, -0.05) is 5.21 Å². The van der Waals surface area contributed by atoms with Crippen molar-refractivity contribution in [1.82, 2.24) is 39.8 Å². The first kappa shape index (κ1) is 22.5. The van der Waals surface area contributed by atoms with Crippen LogP contribution in [0.25, 0.3) is 16.9 Å². The lowest BCUT2D eigenvalue weighted by atomic mass is 10.0. The van der Waals surface area contributed by atoms with E-state index < -0.39 is 11.6 Å². The van der Waals surface area contributed by atoms with E-state index >= 15 is 0 Å². The number of aromatic nitrogens is 6. The number of carbonyl (C=O) groups is 1. The molecule has 1 aromatic carbocycles. The summed E-state index contributed by atoms with van der Waals surface area (Å²) in [5.41, 5.74) is 2.13. The maximum absolute atomic E-state index is 14.5. The van der Waals surface area contributed by atoms with Gasteiger partial charge in [-0.3, -0.25) is 4.79 Å². The zero-order valence-corrected chi connectivity index (χ0v) is 19.5. The molecular formula is C24H25F2N9O. The number of benzene rings is 1. The van der Waals surface area contributed by atoms with Crippen molar-refractivity contribution in [2.24, 2.45) is 0 Å². The van der Waals surface area contributed by atoms with E-state index in [1.807, 2.05) is 15.9 Å². The minimum absolute atomic E-state index is 0.00196. The van der Waals surface area contributed by atoms with Gasteiger partial charge >= 0.3 is 0 Å². The van der Waals surface area contributed by atoms with Crippen LogP contribution in [0.5, 0.6) is 0 Å². The SMILES string of the molecule is O=C(Cn1cc(-c2cnn3ccc(N4CCC[C@@H]4c4cc(F)ccc4F)nc23)nn1)N1CCNCC1. The molecule has 3 aromatic heterocycles. The molecule has 2 aliphatic heterocycles. The summed E-state index contributed by atoms with van der Waals surface area (Å²) in [6.07, 6.45) is 6.71. The van der Waals surface area contributed by atoms with Crippen molar-refractivity contribution in [3.8, 4) is 11.3 Å². The van der Waals surface area contributed by atoms with Gasteiger partial charge in [0.2, 0.25) is 5.91 Å². The molecule has 5 heterocycles. The largest absolute Gasteiger partial charge is 0.349 e. The molecule has 0 radical (unpaired) electrons. The van der Waals surface area contributed by atoms with Gasteiger partial charge < -0.3 is 15.1 Å². The number of hydrogen-bond donors (Lipinski definition) is 1. The molecule has 1 N–H and O–H groups in total. The van der Waals surface area contributed by atoms with Crippen molar-refractivity contribution < 1.29 is 13.6 Å². The first-order valence-electron chi connectivity index (χ1n) is 12.0. The van der Waals surface area contributed by atoms with Gasteiger partial charge in [-0.05, 0) is 37.1 Å². The van der Waals surface area contributed by atoms with E-state index in [4.69, 9.17) is 4.98 Å². The van der Waals surface area contributed by atoms with Crippen LogP contribution in [0.3, 0.4) is 0 Å². The molecule has 1 amide bonds. The van der Waals surface area contributed by atoms with Gasteiger partial charge in [0.25, 0.3) is 0 Å². The van der Waals surface area contributed by atoms with E-state index in [1.54, 1.807) is 23.1 Å². The normalized spacial score (nSPS) is 18.3. The van der Waals surface area contributed by atoms with Gasteiger partial charge in [-0.2, -0.15) is 5.10 Å². The van der Waals surface area contributed by atoms with Crippen LogP contribution in [0.2, 0.25) is 0 Å². The fraction of sp³-hybridized carbons (Fsp3) is 0.375. The third-order valence-corrected chi connectivity index (χ3v) is 6.80. The molecule has 0 bridgehead atoms. The number of nitrogens with zero attached hydrogens (tertiary/aromatic N) is 8. The molecule has 0 aliphatic carbocycles. The van der Waals surface area contributed by atoms with Gasteiger partial charge in [0.15, 0.2) is 5.65 Å². The topological polar surface area (TPSA) is 96.5 Å². The maximum Gasteiger partial charge on any atom is 0.244 e. The molecule has 6 rings (SSSR count). The number of hydrogen-bond acceptors (Lipinski definition) is 7. The Balaban J connectivity index is 1.27. The third-order valence-electron chi connectivity index (χ3n) is 6.80. The Morgan fingerprint density at radius 2 is 2.00 bits per heavy atom. The number of fused-ring (bicyclic) bond motifs is 1. The molecule has 186 valence electrons. The molecule has 12 heteroatoms. The lowest BCUT2D eigenvalue weighted by molar-refractivity contribution is -0.132. The summed E-state index contributed by atoms with van der Waals surface area (Å²) in [5.74, 6) is -0.237. The van der Waals surface area contributed by atoms with E-state index in [9.17, 15) is 13.6 Å². The highest BCUT2D eigenvalue weighted by Gasteiger charge is 2.30. The Labute approximate surface area is 205 Å². The first-order valence-corrected chi connectivity index (χ1v) is 12.0. The summed E-state index contributed by atoms with van der Waals surface area (Å²) in [6.45, 7) is 3.72. The Hall–Kier alpha value is -3.93. The summed E-state index contributed by atoms with van der Waals surface area (Å²) in [6, 6.07) is 5.08. The minimum atomic E-state index is -0.460. The highest BCUT2D eigenvalue weighted by Crippen LogP contribution is 2.37.